The fraction of sp³-hybridized carbons (Fsp3) is 1.00. The molecule has 0 bridgehead atoms. The standard InChI is InChI=1S/C13H27NO/c1-3-15-11-12(2)14-13-9-7-5-4-6-8-10-13/h12-14H,3-11H2,1-2H3. The molecule has 0 radical (unpaired) electrons. The molecule has 90 valence electrons. The molecule has 1 N–H and O–H groups in total. The molecule has 1 saturated carbocycles. The largest absolute Gasteiger partial charge is 0.380 e. The van der Waals surface area contributed by atoms with Crippen molar-refractivity contribution in [1.29, 1.82) is 0 Å². The molecule has 1 aliphatic carbocycles. The number of nitrogens with one attached hydrogen (secondary N) is 1. The molecule has 1 atom stereocenters. The van der Waals surface area contributed by atoms with Crippen LogP contribution in [0.2, 0.25) is 0 Å². The van der Waals surface area contributed by atoms with Gasteiger partial charge in [0.1, 0.15) is 0 Å². The smallest absolute Gasteiger partial charge is 0.0616 e. The van der Waals surface area contributed by atoms with Crippen LogP contribution in [0.25, 0.3) is 0 Å². The lowest BCUT2D eigenvalue weighted by Gasteiger charge is -2.25. The molecule has 0 saturated heterocycles. The van der Waals surface area contributed by atoms with Crippen LogP contribution in [-0.4, -0.2) is 25.3 Å². The van der Waals surface area contributed by atoms with Gasteiger partial charge in [-0.05, 0) is 26.7 Å². The highest BCUT2D eigenvalue weighted by Gasteiger charge is 2.13. The third kappa shape index (κ3) is 6.16. The Hall–Kier alpha value is -0.0800. The van der Waals surface area contributed by atoms with E-state index >= 15 is 0 Å². The van der Waals surface area contributed by atoms with Crippen LogP contribution in [0.1, 0.15) is 58.8 Å². The van der Waals surface area contributed by atoms with Gasteiger partial charge in [-0.25, -0.2) is 0 Å². The van der Waals surface area contributed by atoms with Crippen LogP contribution in [-0.2, 0) is 4.74 Å². The zero-order valence-corrected chi connectivity index (χ0v) is 10.4. The number of hydrogen-bond donors (Lipinski definition) is 1. The molecule has 0 aromatic heterocycles. The van der Waals surface area contributed by atoms with Crippen molar-refractivity contribution in [2.45, 2.75) is 70.9 Å². The zero-order chi connectivity index (χ0) is 10.9. The van der Waals surface area contributed by atoms with Gasteiger partial charge in [-0.2, -0.15) is 0 Å². The molecule has 0 amide bonds. The first-order chi connectivity index (χ1) is 7.33. The maximum absolute atomic E-state index is 5.43. The summed E-state index contributed by atoms with van der Waals surface area (Å²) in [6, 6.07) is 1.25. The second-order valence-corrected chi connectivity index (χ2v) is 4.77. The topological polar surface area (TPSA) is 21.3 Å². The van der Waals surface area contributed by atoms with Gasteiger partial charge in [0.05, 0.1) is 6.61 Å². The number of ether oxygens (including phenoxy) is 1. The molecule has 2 nitrogen and oxygen atoms in total. The maximum atomic E-state index is 5.43. The van der Waals surface area contributed by atoms with Gasteiger partial charge in [0, 0.05) is 18.7 Å². The monoisotopic (exact) mass is 213 g/mol. The first-order valence-corrected chi connectivity index (χ1v) is 6.66. The molecule has 15 heavy (non-hydrogen) atoms. The second-order valence-electron chi connectivity index (χ2n) is 4.77. The minimum Gasteiger partial charge on any atom is -0.380 e. The number of rotatable bonds is 5. The Kier molecular flexibility index (Phi) is 7.03. The highest BCUT2D eigenvalue weighted by molar-refractivity contribution is 4.73. The summed E-state index contributed by atoms with van der Waals surface area (Å²) in [6.45, 7) is 5.97. The van der Waals surface area contributed by atoms with Crippen molar-refractivity contribution in [2.75, 3.05) is 13.2 Å². The minimum atomic E-state index is 0.509. The number of hydrogen-bond acceptors (Lipinski definition) is 2. The molecule has 0 heterocycles. The van der Waals surface area contributed by atoms with Crippen LogP contribution in [0.3, 0.4) is 0 Å². The molecule has 0 aromatic carbocycles. The molecule has 1 rings (SSSR count). The minimum absolute atomic E-state index is 0.509. The predicted molar refractivity (Wildman–Crippen MR) is 65.2 cm³/mol. The van der Waals surface area contributed by atoms with Crippen molar-refractivity contribution in [1.82, 2.24) is 5.32 Å². The Morgan fingerprint density at radius 1 is 1.13 bits per heavy atom. The van der Waals surface area contributed by atoms with Crippen molar-refractivity contribution in [3.63, 3.8) is 0 Å². The lowest BCUT2D eigenvalue weighted by Crippen LogP contribution is -2.39. The highest BCUT2D eigenvalue weighted by Crippen LogP contribution is 2.17. The van der Waals surface area contributed by atoms with Gasteiger partial charge in [-0.1, -0.05) is 32.1 Å². The Morgan fingerprint density at radius 2 is 1.73 bits per heavy atom. The van der Waals surface area contributed by atoms with E-state index in [4.69, 9.17) is 4.74 Å². The van der Waals surface area contributed by atoms with Crippen molar-refractivity contribution in [3.8, 4) is 0 Å². The SMILES string of the molecule is CCOCC(C)NC1CCCCCCC1. The molecule has 0 aromatic rings. The average Bonchev–Trinajstić information content (AvgIpc) is 2.19. The average molecular weight is 213 g/mol. The van der Waals surface area contributed by atoms with Crippen LogP contribution < -0.4 is 5.32 Å². The second kappa shape index (κ2) is 8.12. The summed E-state index contributed by atoms with van der Waals surface area (Å²) in [5, 5.41) is 3.70. The molecular weight excluding hydrogens is 186 g/mol. The Bertz CT molecular complexity index is 141. The molecule has 2 heteroatoms. The zero-order valence-electron chi connectivity index (χ0n) is 10.4. The fourth-order valence-electron chi connectivity index (χ4n) is 2.37. The first-order valence-electron chi connectivity index (χ1n) is 6.66. The summed E-state index contributed by atoms with van der Waals surface area (Å²) in [6.07, 6.45) is 9.82. The van der Waals surface area contributed by atoms with Crippen LogP contribution in [0.15, 0.2) is 0 Å². The molecule has 1 fully saturated rings. The van der Waals surface area contributed by atoms with Crippen molar-refractivity contribution >= 4 is 0 Å². The quantitative estimate of drug-likeness (QED) is 0.757. The van der Waals surface area contributed by atoms with Gasteiger partial charge in [0.15, 0.2) is 0 Å². The van der Waals surface area contributed by atoms with Gasteiger partial charge >= 0.3 is 0 Å². The Morgan fingerprint density at radius 3 is 2.33 bits per heavy atom. The predicted octanol–water partition coefficient (Wildman–Crippen LogP) is 3.11. The van der Waals surface area contributed by atoms with Crippen molar-refractivity contribution < 1.29 is 4.74 Å². The summed E-state index contributed by atoms with van der Waals surface area (Å²) in [4.78, 5) is 0. The van der Waals surface area contributed by atoms with Gasteiger partial charge in [0.25, 0.3) is 0 Å². The third-order valence-corrected chi connectivity index (χ3v) is 3.20. The summed E-state index contributed by atoms with van der Waals surface area (Å²) >= 11 is 0. The van der Waals surface area contributed by atoms with Crippen LogP contribution in [0.5, 0.6) is 0 Å². The van der Waals surface area contributed by atoms with E-state index in [1.54, 1.807) is 0 Å². The van der Waals surface area contributed by atoms with Crippen LogP contribution >= 0.6 is 0 Å². The van der Waals surface area contributed by atoms with E-state index in [1.165, 1.54) is 44.9 Å². The Labute approximate surface area is 94.8 Å². The lowest BCUT2D eigenvalue weighted by molar-refractivity contribution is 0.121. The molecular formula is C13H27NO. The van der Waals surface area contributed by atoms with E-state index in [0.29, 0.717) is 6.04 Å². The fourth-order valence-corrected chi connectivity index (χ4v) is 2.37. The van der Waals surface area contributed by atoms with Gasteiger partial charge in [0.2, 0.25) is 0 Å². The van der Waals surface area contributed by atoms with Crippen molar-refractivity contribution in [2.24, 2.45) is 0 Å². The third-order valence-electron chi connectivity index (χ3n) is 3.20. The summed E-state index contributed by atoms with van der Waals surface area (Å²) in [5.41, 5.74) is 0. The van der Waals surface area contributed by atoms with E-state index < -0.39 is 0 Å². The van der Waals surface area contributed by atoms with E-state index in [1.807, 2.05) is 0 Å². The molecule has 1 unspecified atom stereocenters. The summed E-state index contributed by atoms with van der Waals surface area (Å²) in [7, 11) is 0. The van der Waals surface area contributed by atoms with E-state index in [0.717, 1.165) is 19.3 Å². The summed E-state index contributed by atoms with van der Waals surface area (Å²) in [5.74, 6) is 0. The maximum Gasteiger partial charge on any atom is 0.0616 e. The van der Waals surface area contributed by atoms with Gasteiger partial charge in [-0.15, -0.1) is 0 Å². The van der Waals surface area contributed by atoms with Gasteiger partial charge in [-0.3, -0.25) is 0 Å². The van der Waals surface area contributed by atoms with Crippen LogP contribution in [0, 0.1) is 0 Å². The van der Waals surface area contributed by atoms with Crippen molar-refractivity contribution in [3.05, 3.63) is 0 Å². The summed E-state index contributed by atoms with van der Waals surface area (Å²) < 4.78 is 5.43. The van der Waals surface area contributed by atoms with Gasteiger partial charge < -0.3 is 10.1 Å². The Balaban J connectivity index is 2.16. The van der Waals surface area contributed by atoms with E-state index in [-0.39, 0.29) is 0 Å². The normalized spacial score (nSPS) is 22.0. The van der Waals surface area contributed by atoms with E-state index in [9.17, 15) is 0 Å². The molecule has 0 spiro atoms. The van der Waals surface area contributed by atoms with Crippen LogP contribution in [0.4, 0.5) is 0 Å². The lowest BCUT2D eigenvalue weighted by atomic mass is 9.96. The molecule has 1 aliphatic rings. The van der Waals surface area contributed by atoms with E-state index in [2.05, 4.69) is 19.2 Å². The first kappa shape index (κ1) is 13.0. The highest BCUT2D eigenvalue weighted by atomic mass is 16.5. The molecule has 0 aliphatic heterocycles.